The molecule has 10 heteroatoms. The molecule has 1 unspecified atom stereocenters. The van der Waals surface area contributed by atoms with Gasteiger partial charge >= 0.3 is 12.3 Å². The molecule has 1 aliphatic heterocycles. The predicted octanol–water partition coefficient (Wildman–Crippen LogP) is 3.89. The number of nitrogens with two attached hydrogens (primary N) is 1. The van der Waals surface area contributed by atoms with Gasteiger partial charge in [0, 0.05) is 5.56 Å². The van der Waals surface area contributed by atoms with Crippen molar-refractivity contribution in [3.05, 3.63) is 44.4 Å². The topological polar surface area (TPSA) is 70.0 Å². The number of allylic oxidation sites excluding steroid dienone is 1. The lowest BCUT2D eigenvalue weighted by Crippen LogP contribution is -2.96. The second kappa shape index (κ2) is 8.58. The van der Waals surface area contributed by atoms with E-state index in [1.54, 1.807) is 50.3 Å². The summed E-state index contributed by atoms with van der Waals surface area (Å²) in [5.74, 6) is -0.429. The minimum absolute atomic E-state index is 0.0353. The summed E-state index contributed by atoms with van der Waals surface area (Å²) in [6.07, 6.45) is -5.39. The maximum atomic E-state index is 13.5. The minimum atomic E-state index is -4.54. The number of carbonyl (C=O) groups excluding carboxylic acids is 1. The number of amides is 1. The molecule has 0 saturated carbocycles. The molecule has 2 rings (SSSR count). The van der Waals surface area contributed by atoms with Gasteiger partial charge in [-0.1, -0.05) is 0 Å². The van der Waals surface area contributed by atoms with Gasteiger partial charge in [0.15, 0.2) is 0 Å². The van der Waals surface area contributed by atoms with Crippen molar-refractivity contribution in [2.45, 2.75) is 45.5 Å². The summed E-state index contributed by atoms with van der Waals surface area (Å²) in [5, 5.41) is 9.40. The maximum absolute atomic E-state index is 13.5. The Balaban J connectivity index is 2.37. The summed E-state index contributed by atoms with van der Waals surface area (Å²) in [6.45, 7) is 5.79. The normalized spacial score (nSPS) is 19.8. The lowest BCUT2D eigenvalue weighted by Gasteiger charge is -2.34. The summed E-state index contributed by atoms with van der Waals surface area (Å²) in [7, 11) is 0. The van der Waals surface area contributed by atoms with E-state index in [1.807, 2.05) is 0 Å². The largest absolute Gasteiger partial charge is 0.444 e. The van der Waals surface area contributed by atoms with Gasteiger partial charge in [0.2, 0.25) is 6.04 Å². The molecule has 1 saturated heterocycles. The van der Waals surface area contributed by atoms with Crippen molar-refractivity contribution < 1.29 is 32.4 Å². The summed E-state index contributed by atoms with van der Waals surface area (Å²) in [4.78, 5) is 13.4. The molecule has 1 fully saturated rings. The highest BCUT2D eigenvalue weighted by molar-refractivity contribution is 14.1. The van der Waals surface area contributed by atoms with Gasteiger partial charge in [0.1, 0.15) is 17.1 Å². The maximum Gasteiger partial charge on any atom is 0.443 e. The number of aryl methyl sites for hydroxylation is 1. The van der Waals surface area contributed by atoms with E-state index in [4.69, 9.17) is 10.1 Å². The van der Waals surface area contributed by atoms with Gasteiger partial charge in [-0.05, 0) is 74.0 Å². The summed E-state index contributed by atoms with van der Waals surface area (Å²) in [5.41, 5.74) is 0.0372. The Hall–Kier alpha value is -1.69. The van der Waals surface area contributed by atoms with E-state index in [2.05, 4.69) is 0 Å². The lowest BCUT2D eigenvalue weighted by atomic mass is 10.0. The van der Waals surface area contributed by atoms with Crippen LogP contribution in [0.3, 0.4) is 0 Å². The Morgan fingerprint density at radius 3 is 2.45 bits per heavy atom. The molecule has 1 aliphatic rings. The molecule has 29 heavy (non-hydrogen) atoms. The Labute approximate surface area is 180 Å². The number of nitrogens with one attached hydrogen (secondary N) is 1. The standard InChI is InChI=1S/C19H22F4IN3O2/c1-10-7-11(5-6-12(10)20)16(25)15(24)13-8-27(17(28)29-18(2,3)4)9-14(26-13)19(21,22)23/h5-7,14,25-26H,8-9H2,1-4H3/p+1/b15-13+,25-16?. The molecule has 1 aromatic rings. The molecule has 0 aliphatic carbocycles. The van der Waals surface area contributed by atoms with Crippen LogP contribution in [0.15, 0.2) is 27.5 Å². The van der Waals surface area contributed by atoms with Gasteiger partial charge in [-0.3, -0.25) is 10.3 Å². The second-order valence-corrected chi connectivity index (χ2v) is 8.93. The fraction of sp³-hybridized carbons (Fsp3) is 0.474. The molecule has 1 heterocycles. The highest BCUT2D eigenvalue weighted by atomic mass is 127. The Morgan fingerprint density at radius 2 is 1.93 bits per heavy atom. The van der Waals surface area contributed by atoms with Crippen LogP contribution < -0.4 is 5.32 Å². The molecule has 1 amide bonds. The lowest BCUT2D eigenvalue weighted by molar-refractivity contribution is -0.680. The molecule has 3 N–H and O–H groups in total. The molecule has 0 aromatic heterocycles. The molecular weight excluding hydrogens is 505 g/mol. The van der Waals surface area contributed by atoms with Gasteiger partial charge in [0.05, 0.1) is 22.4 Å². The second-order valence-electron chi connectivity index (χ2n) is 7.85. The molecule has 1 aromatic carbocycles. The van der Waals surface area contributed by atoms with Crippen molar-refractivity contribution in [3.63, 3.8) is 0 Å². The Morgan fingerprint density at radius 1 is 1.31 bits per heavy atom. The number of alkyl halides is 3. The van der Waals surface area contributed by atoms with E-state index in [0.717, 1.165) is 10.2 Å². The first-order chi connectivity index (χ1) is 13.2. The highest BCUT2D eigenvalue weighted by Gasteiger charge is 2.49. The molecule has 0 bridgehead atoms. The van der Waals surface area contributed by atoms with Crippen LogP contribution in [0.25, 0.3) is 0 Å². The first-order valence-corrected chi connectivity index (χ1v) is 9.90. The van der Waals surface area contributed by atoms with Gasteiger partial charge in [-0.2, -0.15) is 13.2 Å². The van der Waals surface area contributed by atoms with Gasteiger partial charge < -0.3 is 10.1 Å². The third-order valence-corrected chi connectivity index (χ3v) is 5.43. The number of nitrogens with zero attached hydrogens (tertiary/aromatic N) is 1. The highest BCUT2D eigenvalue weighted by Crippen LogP contribution is 2.25. The van der Waals surface area contributed by atoms with Gasteiger partial charge in [-0.25, -0.2) is 9.18 Å². The Kier molecular flexibility index (Phi) is 6.98. The zero-order valence-electron chi connectivity index (χ0n) is 16.5. The van der Waals surface area contributed by atoms with E-state index in [-0.39, 0.29) is 21.5 Å². The van der Waals surface area contributed by atoms with Crippen molar-refractivity contribution >= 4 is 34.4 Å². The van der Waals surface area contributed by atoms with Crippen molar-refractivity contribution in [1.82, 2.24) is 4.90 Å². The monoisotopic (exact) mass is 528 g/mol. The smallest absolute Gasteiger partial charge is 0.443 e. The number of hydrogen-bond acceptors (Lipinski definition) is 3. The van der Waals surface area contributed by atoms with Crippen LogP contribution in [0.5, 0.6) is 0 Å². The van der Waals surface area contributed by atoms with E-state index in [1.165, 1.54) is 18.2 Å². The number of benzene rings is 1. The minimum Gasteiger partial charge on any atom is -0.444 e. The quantitative estimate of drug-likeness (QED) is 0.348. The van der Waals surface area contributed by atoms with E-state index >= 15 is 0 Å². The van der Waals surface area contributed by atoms with Crippen LogP contribution in [0.1, 0.15) is 31.9 Å². The number of carbonyl (C=O) groups is 1. The van der Waals surface area contributed by atoms with Crippen LogP contribution in [0, 0.1) is 18.2 Å². The van der Waals surface area contributed by atoms with Gasteiger partial charge in [-0.15, -0.1) is 0 Å². The third kappa shape index (κ3) is 6.14. The predicted molar refractivity (Wildman–Crippen MR) is 109 cm³/mol. The molecule has 1 atom stereocenters. The van der Waals surface area contributed by atoms with E-state index < -0.39 is 36.3 Å². The molecule has 160 valence electrons. The first-order valence-electron chi connectivity index (χ1n) is 8.82. The number of ether oxygens (including phenoxy) is 1. The number of quaternary nitrogens is 1. The van der Waals surface area contributed by atoms with Crippen molar-refractivity contribution in [2.24, 2.45) is 0 Å². The van der Waals surface area contributed by atoms with Crippen LogP contribution in [0.2, 0.25) is 0 Å². The molecular formula is C19H23F4IN3O2+. The fourth-order valence-corrected chi connectivity index (χ4v) is 3.41. The number of piperazine rings is 1. The summed E-state index contributed by atoms with van der Waals surface area (Å²) >= 11 is 1.79. The van der Waals surface area contributed by atoms with Crippen molar-refractivity contribution in [1.29, 1.82) is 5.41 Å². The number of rotatable bonds is 2. The van der Waals surface area contributed by atoms with Crippen molar-refractivity contribution in [2.75, 3.05) is 13.1 Å². The fourth-order valence-electron chi connectivity index (χ4n) is 2.75. The summed E-state index contributed by atoms with van der Waals surface area (Å²) in [6, 6.07) is 2.21. The Bertz CT molecular complexity index is 847. The van der Waals surface area contributed by atoms with Crippen LogP contribution in [-0.2, 0) is 4.74 Å². The van der Waals surface area contributed by atoms with Gasteiger partial charge in [0.25, 0.3) is 0 Å². The summed E-state index contributed by atoms with van der Waals surface area (Å²) < 4.78 is 59.3. The van der Waals surface area contributed by atoms with Crippen molar-refractivity contribution in [3.8, 4) is 0 Å². The average molecular weight is 528 g/mol. The van der Waals surface area contributed by atoms with Crippen LogP contribution in [-0.4, -0.2) is 47.6 Å². The average Bonchev–Trinajstić information content (AvgIpc) is 2.60. The molecule has 0 spiro atoms. The SMILES string of the molecule is Cc1cc(C(=N)/C(I)=C2/CN(C(=O)OC(C)(C)C)CC(C(F)(F)F)[NH2+]2)ccc1F. The number of hydrogen-bond donors (Lipinski definition) is 2. The first kappa shape index (κ1) is 23.6. The zero-order valence-corrected chi connectivity index (χ0v) is 18.6. The van der Waals surface area contributed by atoms with Crippen LogP contribution >= 0.6 is 22.6 Å². The third-order valence-electron chi connectivity index (χ3n) is 4.20. The van der Waals surface area contributed by atoms with Crippen LogP contribution in [0.4, 0.5) is 22.4 Å². The number of halogens is 5. The zero-order chi connectivity index (χ0) is 22.1. The molecule has 5 nitrogen and oxygen atoms in total. The van der Waals surface area contributed by atoms with E-state index in [0.29, 0.717) is 11.1 Å². The van der Waals surface area contributed by atoms with E-state index in [9.17, 15) is 22.4 Å². The molecule has 0 radical (unpaired) electrons.